The van der Waals surface area contributed by atoms with Gasteiger partial charge in [0.25, 0.3) is 0 Å². The van der Waals surface area contributed by atoms with E-state index in [0.29, 0.717) is 23.0 Å². The van der Waals surface area contributed by atoms with Gasteiger partial charge >= 0.3 is 5.97 Å². The maximum Gasteiger partial charge on any atom is 0.336 e. The molecule has 4 rings (SSSR count). The number of carboxylic acid groups (broad SMARTS) is 1. The van der Waals surface area contributed by atoms with Gasteiger partial charge in [0.05, 0.1) is 11.3 Å². The molecule has 3 heterocycles. The summed E-state index contributed by atoms with van der Waals surface area (Å²) in [5, 5.41) is 19.0. The molecule has 3 aromatic rings. The van der Waals surface area contributed by atoms with Gasteiger partial charge in [-0.25, -0.2) is 14.8 Å². The van der Waals surface area contributed by atoms with Gasteiger partial charge in [0.1, 0.15) is 5.82 Å². The zero-order valence-electron chi connectivity index (χ0n) is 15.9. The zero-order valence-corrected chi connectivity index (χ0v) is 15.9. The summed E-state index contributed by atoms with van der Waals surface area (Å²) in [6.07, 6.45) is 5.17. The summed E-state index contributed by atoms with van der Waals surface area (Å²) in [6, 6.07) is 12.4. The normalized spacial score (nSPS) is 14.7. The van der Waals surface area contributed by atoms with Crippen LogP contribution in [0.5, 0.6) is 0 Å². The molecule has 29 heavy (non-hydrogen) atoms. The van der Waals surface area contributed by atoms with Crippen molar-refractivity contribution in [3.63, 3.8) is 0 Å². The molecular formula is C22H22N4O3. The van der Waals surface area contributed by atoms with Crippen LogP contribution in [0, 0.1) is 5.92 Å². The number of rotatable bonds is 5. The third-order valence-corrected chi connectivity index (χ3v) is 5.26. The molecule has 0 aliphatic carbocycles. The van der Waals surface area contributed by atoms with Crippen molar-refractivity contribution in [3.8, 4) is 22.6 Å². The number of nitrogens with zero attached hydrogens (tertiary/aromatic N) is 4. The zero-order chi connectivity index (χ0) is 20.2. The third kappa shape index (κ3) is 4.09. The molecule has 1 aliphatic heterocycles. The number of benzene rings is 1. The van der Waals surface area contributed by atoms with Crippen molar-refractivity contribution in [2.75, 3.05) is 24.6 Å². The van der Waals surface area contributed by atoms with E-state index in [4.69, 9.17) is 4.98 Å². The number of carbonyl (C=O) groups is 1. The first-order chi connectivity index (χ1) is 14.2. The molecule has 7 nitrogen and oxygen atoms in total. The summed E-state index contributed by atoms with van der Waals surface area (Å²) >= 11 is 0. The minimum Gasteiger partial charge on any atom is -0.478 e. The van der Waals surface area contributed by atoms with Gasteiger partial charge in [-0.2, -0.15) is 0 Å². The number of piperidine rings is 1. The second-order valence-electron chi connectivity index (χ2n) is 7.14. The quantitative estimate of drug-likeness (QED) is 0.690. The van der Waals surface area contributed by atoms with Crippen LogP contribution in [-0.2, 0) is 0 Å². The highest BCUT2D eigenvalue weighted by Crippen LogP contribution is 2.30. The van der Waals surface area contributed by atoms with Gasteiger partial charge in [-0.15, -0.1) is 0 Å². The van der Waals surface area contributed by atoms with E-state index in [1.54, 1.807) is 36.7 Å². The second kappa shape index (κ2) is 8.36. The minimum atomic E-state index is -0.993. The summed E-state index contributed by atoms with van der Waals surface area (Å²) in [4.78, 5) is 27.4. The van der Waals surface area contributed by atoms with E-state index in [9.17, 15) is 15.0 Å². The molecule has 1 saturated heterocycles. The summed E-state index contributed by atoms with van der Waals surface area (Å²) in [6.45, 7) is 1.78. The predicted octanol–water partition coefficient (Wildman–Crippen LogP) is 3.11. The summed E-state index contributed by atoms with van der Waals surface area (Å²) in [7, 11) is 0. The Kier molecular flexibility index (Phi) is 5.48. The van der Waals surface area contributed by atoms with E-state index in [-0.39, 0.29) is 12.2 Å². The lowest BCUT2D eigenvalue weighted by Crippen LogP contribution is -2.35. The van der Waals surface area contributed by atoms with Crippen LogP contribution in [0.4, 0.5) is 5.82 Å². The number of carboxylic acids is 1. The van der Waals surface area contributed by atoms with Crippen molar-refractivity contribution in [2.45, 2.75) is 12.8 Å². The highest BCUT2D eigenvalue weighted by molar-refractivity contribution is 5.95. The van der Waals surface area contributed by atoms with Crippen LogP contribution in [0.3, 0.4) is 0 Å². The van der Waals surface area contributed by atoms with Crippen molar-refractivity contribution < 1.29 is 15.0 Å². The molecular weight excluding hydrogens is 368 g/mol. The van der Waals surface area contributed by atoms with Crippen LogP contribution in [0.25, 0.3) is 22.6 Å². The van der Waals surface area contributed by atoms with Gasteiger partial charge in [-0.1, -0.05) is 18.2 Å². The fraction of sp³-hybridized carbons (Fsp3) is 0.273. The van der Waals surface area contributed by atoms with Crippen LogP contribution in [-0.4, -0.2) is 50.8 Å². The van der Waals surface area contributed by atoms with Gasteiger partial charge in [0.15, 0.2) is 5.82 Å². The van der Waals surface area contributed by atoms with Gasteiger partial charge in [-0.3, -0.25) is 4.98 Å². The Balaban J connectivity index is 1.81. The average Bonchev–Trinajstić information content (AvgIpc) is 2.79. The van der Waals surface area contributed by atoms with E-state index in [1.807, 2.05) is 18.2 Å². The number of aromatic carboxylic acids is 1. The lowest BCUT2D eigenvalue weighted by Gasteiger charge is -2.32. The predicted molar refractivity (Wildman–Crippen MR) is 110 cm³/mol. The van der Waals surface area contributed by atoms with Crippen molar-refractivity contribution >= 4 is 11.8 Å². The SMILES string of the molecule is O=C(O)c1ccccc1-c1cc(N2CCC(CO)CC2)nc(-c2cccnc2)n1. The summed E-state index contributed by atoms with van der Waals surface area (Å²) < 4.78 is 0. The standard InChI is InChI=1S/C22H22N4O3/c27-14-15-7-10-26(11-8-15)20-12-19(17-5-1-2-6-18(17)22(28)29)24-21(25-20)16-4-3-9-23-13-16/h1-6,9,12-13,15,27H,7-8,10-11,14H2,(H,28,29). The third-order valence-electron chi connectivity index (χ3n) is 5.26. The number of aliphatic hydroxyl groups is 1. The highest BCUT2D eigenvalue weighted by atomic mass is 16.4. The lowest BCUT2D eigenvalue weighted by molar-refractivity contribution is 0.0697. The summed E-state index contributed by atoms with van der Waals surface area (Å²) in [5.74, 6) is 0.589. The Hall–Kier alpha value is -3.32. The molecule has 1 aliphatic rings. The molecule has 0 saturated carbocycles. The molecule has 0 atom stereocenters. The number of hydrogen-bond donors (Lipinski definition) is 2. The van der Waals surface area contributed by atoms with Crippen molar-refractivity contribution in [1.82, 2.24) is 15.0 Å². The fourth-order valence-corrected chi connectivity index (χ4v) is 3.60. The highest BCUT2D eigenvalue weighted by Gasteiger charge is 2.22. The molecule has 0 spiro atoms. The average molecular weight is 390 g/mol. The van der Waals surface area contributed by atoms with E-state index >= 15 is 0 Å². The van der Waals surface area contributed by atoms with Crippen LogP contribution >= 0.6 is 0 Å². The Morgan fingerprint density at radius 1 is 1.10 bits per heavy atom. The van der Waals surface area contributed by atoms with E-state index < -0.39 is 5.97 Å². The summed E-state index contributed by atoms with van der Waals surface area (Å²) in [5.41, 5.74) is 2.09. The number of pyridine rings is 1. The molecule has 0 bridgehead atoms. The Morgan fingerprint density at radius 2 is 1.90 bits per heavy atom. The first kappa shape index (κ1) is 19.0. The molecule has 7 heteroatoms. The van der Waals surface area contributed by atoms with E-state index in [0.717, 1.165) is 37.3 Å². The largest absolute Gasteiger partial charge is 0.478 e. The molecule has 0 radical (unpaired) electrons. The number of aromatic nitrogens is 3. The molecule has 148 valence electrons. The second-order valence-corrected chi connectivity index (χ2v) is 7.14. The van der Waals surface area contributed by atoms with Crippen LogP contribution in [0.1, 0.15) is 23.2 Å². The van der Waals surface area contributed by atoms with Gasteiger partial charge in [-0.05, 0) is 37.0 Å². The topological polar surface area (TPSA) is 99.4 Å². The van der Waals surface area contributed by atoms with Crippen LogP contribution < -0.4 is 4.90 Å². The van der Waals surface area contributed by atoms with Crippen LogP contribution in [0.15, 0.2) is 54.9 Å². The lowest BCUT2D eigenvalue weighted by atomic mass is 9.98. The smallest absolute Gasteiger partial charge is 0.336 e. The van der Waals surface area contributed by atoms with Gasteiger partial charge in [0, 0.05) is 49.3 Å². The Bertz CT molecular complexity index is 1000. The van der Waals surface area contributed by atoms with Crippen molar-refractivity contribution in [3.05, 3.63) is 60.4 Å². The molecule has 2 aromatic heterocycles. The maximum absolute atomic E-state index is 11.7. The number of aliphatic hydroxyl groups excluding tert-OH is 1. The van der Waals surface area contributed by atoms with Crippen molar-refractivity contribution in [1.29, 1.82) is 0 Å². The Labute approximate surface area is 168 Å². The monoisotopic (exact) mass is 390 g/mol. The first-order valence-corrected chi connectivity index (χ1v) is 9.63. The minimum absolute atomic E-state index is 0.202. The molecule has 0 unspecified atom stereocenters. The molecule has 1 fully saturated rings. The molecule has 1 aromatic carbocycles. The first-order valence-electron chi connectivity index (χ1n) is 9.63. The molecule has 0 amide bonds. The number of anilines is 1. The molecule has 2 N–H and O–H groups in total. The fourth-order valence-electron chi connectivity index (χ4n) is 3.60. The van der Waals surface area contributed by atoms with E-state index in [2.05, 4.69) is 14.9 Å². The Morgan fingerprint density at radius 3 is 2.59 bits per heavy atom. The van der Waals surface area contributed by atoms with Gasteiger partial charge in [0.2, 0.25) is 0 Å². The number of hydrogen-bond acceptors (Lipinski definition) is 6. The van der Waals surface area contributed by atoms with Gasteiger partial charge < -0.3 is 15.1 Å². The van der Waals surface area contributed by atoms with Crippen LogP contribution in [0.2, 0.25) is 0 Å². The van der Waals surface area contributed by atoms with E-state index in [1.165, 1.54) is 0 Å². The van der Waals surface area contributed by atoms with Crippen molar-refractivity contribution in [2.24, 2.45) is 5.92 Å². The maximum atomic E-state index is 11.7.